The number of aromatic nitrogens is 2. The first kappa shape index (κ1) is 20.5. The minimum Gasteiger partial charge on any atom is -0.419 e. The van der Waals surface area contributed by atoms with E-state index in [9.17, 15) is 9.59 Å². The third-order valence-corrected chi connectivity index (χ3v) is 4.44. The van der Waals surface area contributed by atoms with Crippen LogP contribution in [0.25, 0.3) is 11.5 Å². The number of rotatable bonds is 7. The molecule has 3 rings (SSSR count). The Morgan fingerprint density at radius 2 is 1.93 bits per heavy atom. The zero-order valence-electron chi connectivity index (χ0n) is 16.2. The van der Waals surface area contributed by atoms with E-state index < -0.39 is 0 Å². The van der Waals surface area contributed by atoms with Crippen molar-refractivity contribution in [2.75, 3.05) is 11.9 Å². The van der Waals surface area contributed by atoms with Gasteiger partial charge in [0, 0.05) is 24.7 Å². The maximum absolute atomic E-state index is 13.0. The number of hydrogen-bond donors (Lipinski definition) is 1. The van der Waals surface area contributed by atoms with E-state index in [2.05, 4.69) is 15.5 Å². The molecule has 2 aromatic carbocycles. The second kappa shape index (κ2) is 9.34. The normalized spacial score (nSPS) is 10.6. The molecular weight excluding hydrogens is 392 g/mol. The standard InChI is InChI=1S/C21H21ClN4O3/c1-3-11-26(21(28)15-7-6-8-16(12-15)23-14(2)27)13-19-24-25-20(29-19)17-9-4-5-10-18(17)22/h4-10,12H,3,11,13H2,1-2H3,(H,23,27). The van der Waals surface area contributed by atoms with Crippen molar-refractivity contribution in [3.05, 3.63) is 65.0 Å². The van der Waals surface area contributed by atoms with E-state index in [4.69, 9.17) is 16.0 Å². The van der Waals surface area contributed by atoms with Crippen molar-refractivity contribution >= 4 is 29.1 Å². The van der Waals surface area contributed by atoms with Crippen LogP contribution in [0.15, 0.2) is 52.9 Å². The van der Waals surface area contributed by atoms with Gasteiger partial charge in [-0.25, -0.2) is 0 Å². The number of benzene rings is 2. The van der Waals surface area contributed by atoms with Gasteiger partial charge in [-0.15, -0.1) is 10.2 Å². The summed E-state index contributed by atoms with van der Waals surface area (Å²) in [4.78, 5) is 25.9. The highest BCUT2D eigenvalue weighted by Gasteiger charge is 2.20. The first-order valence-electron chi connectivity index (χ1n) is 9.22. The number of nitrogens with zero attached hydrogens (tertiary/aromatic N) is 3. The molecule has 0 saturated heterocycles. The van der Waals surface area contributed by atoms with Crippen LogP contribution in [0.2, 0.25) is 5.02 Å². The second-order valence-corrected chi connectivity index (χ2v) is 6.88. The molecule has 1 aromatic heterocycles. The van der Waals surface area contributed by atoms with Crippen molar-refractivity contribution < 1.29 is 14.0 Å². The van der Waals surface area contributed by atoms with E-state index in [1.54, 1.807) is 41.3 Å². The summed E-state index contributed by atoms with van der Waals surface area (Å²) in [6.45, 7) is 4.10. The Morgan fingerprint density at radius 1 is 1.14 bits per heavy atom. The number of hydrogen-bond acceptors (Lipinski definition) is 5. The Bertz CT molecular complexity index is 1020. The van der Waals surface area contributed by atoms with Crippen LogP contribution in [-0.2, 0) is 11.3 Å². The third kappa shape index (κ3) is 5.20. The van der Waals surface area contributed by atoms with Gasteiger partial charge in [0.25, 0.3) is 5.91 Å². The fraction of sp³-hybridized carbons (Fsp3) is 0.238. The van der Waals surface area contributed by atoms with E-state index in [-0.39, 0.29) is 18.4 Å². The summed E-state index contributed by atoms with van der Waals surface area (Å²) in [5, 5.41) is 11.3. The van der Waals surface area contributed by atoms with Crippen molar-refractivity contribution in [1.29, 1.82) is 0 Å². The van der Waals surface area contributed by atoms with Crippen LogP contribution >= 0.6 is 11.6 Å². The van der Waals surface area contributed by atoms with Gasteiger partial charge in [-0.1, -0.05) is 36.7 Å². The average Bonchev–Trinajstić information content (AvgIpc) is 3.15. The maximum Gasteiger partial charge on any atom is 0.254 e. The minimum absolute atomic E-state index is 0.175. The van der Waals surface area contributed by atoms with E-state index in [1.807, 2.05) is 19.1 Å². The van der Waals surface area contributed by atoms with Gasteiger partial charge in [0.05, 0.1) is 17.1 Å². The maximum atomic E-state index is 13.0. The summed E-state index contributed by atoms with van der Waals surface area (Å²) >= 11 is 6.18. The van der Waals surface area contributed by atoms with Gasteiger partial charge in [-0.3, -0.25) is 9.59 Å². The molecule has 0 radical (unpaired) electrons. The van der Waals surface area contributed by atoms with Crippen molar-refractivity contribution in [3.63, 3.8) is 0 Å². The number of carbonyl (C=O) groups excluding carboxylic acids is 2. The van der Waals surface area contributed by atoms with Gasteiger partial charge >= 0.3 is 0 Å². The highest BCUT2D eigenvalue weighted by atomic mass is 35.5. The molecule has 0 fully saturated rings. The van der Waals surface area contributed by atoms with Gasteiger partial charge < -0.3 is 14.6 Å². The summed E-state index contributed by atoms with van der Waals surface area (Å²) < 4.78 is 5.73. The molecular formula is C21H21ClN4O3. The first-order chi connectivity index (χ1) is 14.0. The van der Waals surface area contributed by atoms with E-state index in [1.165, 1.54) is 6.92 Å². The molecule has 2 amide bonds. The first-order valence-corrected chi connectivity index (χ1v) is 9.60. The average molecular weight is 413 g/mol. The Morgan fingerprint density at radius 3 is 2.66 bits per heavy atom. The molecule has 1 heterocycles. The number of carbonyl (C=O) groups is 2. The zero-order chi connectivity index (χ0) is 20.8. The number of halogens is 1. The van der Waals surface area contributed by atoms with Crippen LogP contribution in [0.4, 0.5) is 5.69 Å². The smallest absolute Gasteiger partial charge is 0.254 e. The SMILES string of the molecule is CCCN(Cc1nnc(-c2ccccc2Cl)o1)C(=O)c1cccc(NC(C)=O)c1. The molecule has 0 aliphatic carbocycles. The molecule has 150 valence electrons. The Balaban J connectivity index is 1.79. The van der Waals surface area contributed by atoms with Crippen molar-refractivity contribution in [3.8, 4) is 11.5 Å². The van der Waals surface area contributed by atoms with E-state index >= 15 is 0 Å². The second-order valence-electron chi connectivity index (χ2n) is 6.47. The van der Waals surface area contributed by atoms with E-state index in [0.29, 0.717) is 40.2 Å². The monoisotopic (exact) mass is 412 g/mol. The Labute approximate surface area is 173 Å². The molecule has 0 bridgehead atoms. The summed E-state index contributed by atoms with van der Waals surface area (Å²) in [5.74, 6) is 0.247. The lowest BCUT2D eigenvalue weighted by Gasteiger charge is -2.20. The molecule has 7 nitrogen and oxygen atoms in total. The number of amides is 2. The molecule has 0 atom stereocenters. The lowest BCUT2D eigenvalue weighted by molar-refractivity contribution is -0.114. The number of anilines is 1. The van der Waals surface area contributed by atoms with Crippen LogP contribution in [0, 0.1) is 0 Å². The van der Waals surface area contributed by atoms with Gasteiger partial charge in [-0.05, 0) is 36.8 Å². The van der Waals surface area contributed by atoms with Crippen LogP contribution in [0.3, 0.4) is 0 Å². The Kier molecular flexibility index (Phi) is 6.61. The molecule has 29 heavy (non-hydrogen) atoms. The molecule has 0 aliphatic rings. The predicted molar refractivity (Wildman–Crippen MR) is 111 cm³/mol. The third-order valence-electron chi connectivity index (χ3n) is 4.11. The molecule has 0 saturated carbocycles. The summed E-state index contributed by atoms with van der Waals surface area (Å²) in [7, 11) is 0. The summed E-state index contributed by atoms with van der Waals surface area (Å²) in [5.41, 5.74) is 1.68. The van der Waals surface area contributed by atoms with Crippen molar-refractivity contribution in [2.24, 2.45) is 0 Å². The highest BCUT2D eigenvalue weighted by Crippen LogP contribution is 2.26. The fourth-order valence-corrected chi connectivity index (χ4v) is 3.08. The Hall–Kier alpha value is -3.19. The quantitative estimate of drug-likeness (QED) is 0.621. The largest absolute Gasteiger partial charge is 0.419 e. The van der Waals surface area contributed by atoms with Crippen LogP contribution in [0.1, 0.15) is 36.5 Å². The van der Waals surface area contributed by atoms with Crippen molar-refractivity contribution in [1.82, 2.24) is 15.1 Å². The topological polar surface area (TPSA) is 88.3 Å². The lowest BCUT2D eigenvalue weighted by atomic mass is 10.1. The van der Waals surface area contributed by atoms with Crippen LogP contribution in [0.5, 0.6) is 0 Å². The number of nitrogens with one attached hydrogen (secondary N) is 1. The zero-order valence-corrected chi connectivity index (χ0v) is 16.9. The van der Waals surface area contributed by atoms with Gasteiger partial charge in [0.1, 0.15) is 0 Å². The van der Waals surface area contributed by atoms with Crippen LogP contribution in [-0.4, -0.2) is 33.5 Å². The van der Waals surface area contributed by atoms with Crippen molar-refractivity contribution in [2.45, 2.75) is 26.8 Å². The summed E-state index contributed by atoms with van der Waals surface area (Å²) in [6, 6.07) is 14.0. The highest BCUT2D eigenvalue weighted by molar-refractivity contribution is 6.33. The van der Waals surface area contributed by atoms with Gasteiger partial charge in [-0.2, -0.15) is 0 Å². The minimum atomic E-state index is -0.196. The summed E-state index contributed by atoms with van der Waals surface area (Å²) in [6.07, 6.45) is 0.767. The predicted octanol–water partition coefficient (Wildman–Crippen LogP) is 4.40. The fourth-order valence-electron chi connectivity index (χ4n) is 2.86. The molecule has 0 unspecified atom stereocenters. The van der Waals surface area contributed by atoms with Crippen LogP contribution < -0.4 is 5.32 Å². The molecule has 0 spiro atoms. The molecule has 3 aromatic rings. The molecule has 8 heteroatoms. The van der Waals surface area contributed by atoms with Gasteiger partial charge in [0.15, 0.2) is 0 Å². The van der Waals surface area contributed by atoms with Gasteiger partial charge in [0.2, 0.25) is 17.7 Å². The molecule has 1 N–H and O–H groups in total. The lowest BCUT2D eigenvalue weighted by Crippen LogP contribution is -2.31. The molecule has 0 aliphatic heterocycles. The van der Waals surface area contributed by atoms with E-state index in [0.717, 1.165) is 6.42 Å².